The number of fused-ring (bicyclic) bond motifs is 6. The van der Waals surface area contributed by atoms with Gasteiger partial charge in [-0.05, 0) is 139 Å². The van der Waals surface area contributed by atoms with Gasteiger partial charge in [0.1, 0.15) is 0 Å². The molecular formula is C51H40. The molecule has 0 unspecified atom stereocenters. The largest absolute Gasteiger partial charge is 0.0757 e. The third-order valence-electron chi connectivity index (χ3n) is 10.8. The lowest BCUT2D eigenvalue weighted by atomic mass is 9.90. The van der Waals surface area contributed by atoms with E-state index in [0.717, 1.165) is 12.8 Å². The highest BCUT2D eigenvalue weighted by molar-refractivity contribution is 6.09. The molecule has 0 amide bonds. The first-order valence-electron chi connectivity index (χ1n) is 18.1. The van der Waals surface area contributed by atoms with Crippen molar-refractivity contribution in [3.05, 3.63) is 179 Å². The summed E-state index contributed by atoms with van der Waals surface area (Å²) >= 11 is 0. The van der Waals surface area contributed by atoms with Gasteiger partial charge >= 0.3 is 0 Å². The third kappa shape index (κ3) is 5.68. The Bertz CT molecular complexity index is 2720. The van der Waals surface area contributed by atoms with Crippen LogP contribution in [0.1, 0.15) is 29.5 Å². The van der Waals surface area contributed by atoms with Gasteiger partial charge < -0.3 is 0 Å². The van der Waals surface area contributed by atoms with Gasteiger partial charge in [0.05, 0.1) is 0 Å². The van der Waals surface area contributed by atoms with Gasteiger partial charge in [0.25, 0.3) is 0 Å². The van der Waals surface area contributed by atoms with Crippen molar-refractivity contribution in [2.45, 2.75) is 33.6 Å². The fourth-order valence-corrected chi connectivity index (χ4v) is 8.29. The zero-order valence-corrected chi connectivity index (χ0v) is 29.5. The quantitative estimate of drug-likeness (QED) is 0.162. The summed E-state index contributed by atoms with van der Waals surface area (Å²) in [4.78, 5) is 0. The summed E-state index contributed by atoms with van der Waals surface area (Å²) < 4.78 is 0. The second-order valence-corrected chi connectivity index (χ2v) is 14.2. The van der Waals surface area contributed by atoms with Crippen molar-refractivity contribution in [3.63, 3.8) is 0 Å². The van der Waals surface area contributed by atoms with Gasteiger partial charge in [-0.2, -0.15) is 0 Å². The van der Waals surface area contributed by atoms with Crippen molar-refractivity contribution in [1.29, 1.82) is 0 Å². The van der Waals surface area contributed by atoms with Crippen LogP contribution in [0, 0.1) is 20.8 Å². The number of rotatable bonds is 5. The van der Waals surface area contributed by atoms with Gasteiger partial charge in [-0.15, -0.1) is 0 Å². The average Bonchev–Trinajstić information content (AvgIpc) is 3.18. The first-order chi connectivity index (χ1) is 25.0. The molecule has 0 fully saturated rings. The summed E-state index contributed by atoms with van der Waals surface area (Å²) in [5.41, 5.74) is 16.4. The van der Waals surface area contributed by atoms with Crippen molar-refractivity contribution in [2.75, 3.05) is 0 Å². The minimum Gasteiger partial charge on any atom is -0.0757 e. The predicted octanol–water partition coefficient (Wildman–Crippen LogP) is 12.6. The van der Waals surface area contributed by atoms with Crippen molar-refractivity contribution in [2.24, 2.45) is 0 Å². The molecule has 0 bridgehead atoms. The van der Waals surface area contributed by atoms with E-state index >= 15 is 0 Å². The highest BCUT2D eigenvalue weighted by Crippen LogP contribution is 2.36. The Hall–Kier alpha value is -5.98. The maximum absolute atomic E-state index is 2.44. The molecular weight excluding hydrogens is 613 g/mol. The second kappa shape index (κ2) is 12.7. The zero-order chi connectivity index (χ0) is 34.5. The Kier molecular flexibility index (Phi) is 7.74. The topological polar surface area (TPSA) is 0 Å². The van der Waals surface area contributed by atoms with Gasteiger partial charge in [0, 0.05) is 0 Å². The van der Waals surface area contributed by atoms with Crippen molar-refractivity contribution >= 4 is 33.7 Å². The van der Waals surface area contributed by atoms with E-state index in [1.165, 1.54) is 104 Å². The normalized spacial score (nSPS) is 12.4. The lowest BCUT2D eigenvalue weighted by molar-refractivity contribution is 1.13. The van der Waals surface area contributed by atoms with E-state index < -0.39 is 0 Å². The highest BCUT2D eigenvalue weighted by Gasteiger charge is 2.12. The molecule has 0 saturated heterocycles. The van der Waals surface area contributed by atoms with E-state index in [4.69, 9.17) is 0 Å². The number of benzene rings is 8. The predicted molar refractivity (Wildman–Crippen MR) is 220 cm³/mol. The molecule has 0 heterocycles. The molecule has 9 rings (SSSR count). The minimum absolute atomic E-state index is 1.10. The summed E-state index contributed by atoms with van der Waals surface area (Å²) in [6.45, 7) is 6.59. The number of hydrogen-bond donors (Lipinski definition) is 0. The summed E-state index contributed by atoms with van der Waals surface area (Å²) in [6, 6.07) is 56.4. The van der Waals surface area contributed by atoms with Crippen molar-refractivity contribution in [3.8, 4) is 55.6 Å². The lowest BCUT2D eigenvalue weighted by Gasteiger charge is -2.14. The standard InChI is InChI=1S/C51H40/c1-33-28-34(2)30-43(29-33)38-20-18-36(19-21-38)40-10-8-11-42(31-40)45-17-9-16-44(35(45)3)39-24-22-37(23-25-39)41-26-27-50-48-14-5-4-12-46(48)47-13-6-7-15-49(47)51(50)32-41/h4-5,8-32H,6-7H2,1-3H3. The smallest absolute Gasteiger partial charge is 0.00961 e. The van der Waals surface area contributed by atoms with Gasteiger partial charge in [-0.1, -0.05) is 163 Å². The molecule has 0 radical (unpaired) electrons. The van der Waals surface area contributed by atoms with Gasteiger partial charge in [-0.3, -0.25) is 0 Å². The van der Waals surface area contributed by atoms with Gasteiger partial charge in [0.2, 0.25) is 0 Å². The van der Waals surface area contributed by atoms with Crippen LogP contribution in [0.2, 0.25) is 0 Å². The van der Waals surface area contributed by atoms with Crippen molar-refractivity contribution in [1.82, 2.24) is 0 Å². The molecule has 0 aliphatic heterocycles. The van der Waals surface area contributed by atoms with Crippen LogP contribution in [0.25, 0.3) is 89.3 Å². The molecule has 0 nitrogen and oxygen atoms in total. The Morgan fingerprint density at radius 3 is 1.49 bits per heavy atom. The highest BCUT2D eigenvalue weighted by atomic mass is 14.2. The van der Waals surface area contributed by atoms with Gasteiger partial charge in [0.15, 0.2) is 0 Å². The molecule has 0 heteroatoms. The van der Waals surface area contributed by atoms with Gasteiger partial charge in [-0.25, -0.2) is 0 Å². The van der Waals surface area contributed by atoms with E-state index in [-0.39, 0.29) is 0 Å². The van der Waals surface area contributed by atoms with Crippen LogP contribution in [-0.4, -0.2) is 0 Å². The fourth-order valence-electron chi connectivity index (χ4n) is 8.29. The van der Waals surface area contributed by atoms with E-state index in [0.29, 0.717) is 0 Å². The average molecular weight is 653 g/mol. The maximum atomic E-state index is 2.44. The van der Waals surface area contributed by atoms with Crippen LogP contribution in [-0.2, 0) is 0 Å². The van der Waals surface area contributed by atoms with E-state index in [2.05, 4.69) is 185 Å². The summed E-state index contributed by atoms with van der Waals surface area (Å²) in [5.74, 6) is 0. The number of hydrogen-bond acceptors (Lipinski definition) is 0. The molecule has 0 N–H and O–H groups in total. The molecule has 1 aliphatic rings. The number of aryl methyl sites for hydroxylation is 2. The monoisotopic (exact) mass is 652 g/mol. The van der Waals surface area contributed by atoms with E-state index in [1.54, 1.807) is 0 Å². The molecule has 0 atom stereocenters. The lowest BCUT2D eigenvalue weighted by Crippen LogP contribution is -2.28. The molecule has 0 spiro atoms. The van der Waals surface area contributed by atoms with Crippen LogP contribution in [0.3, 0.4) is 0 Å². The molecule has 0 saturated carbocycles. The summed E-state index contributed by atoms with van der Waals surface area (Å²) in [7, 11) is 0. The SMILES string of the molecule is Cc1cc(C)cc(-c2ccc(-c3cccc(-c4cccc(-c5ccc(-c6ccc7c(c6)c6c(c8ccccc87)=CCCC=6)cc5)c4C)c3)cc2)c1. The van der Waals surface area contributed by atoms with Crippen LogP contribution in [0.5, 0.6) is 0 Å². The molecule has 1 aliphatic carbocycles. The first-order valence-corrected chi connectivity index (χ1v) is 18.1. The van der Waals surface area contributed by atoms with Crippen LogP contribution >= 0.6 is 0 Å². The molecule has 8 aromatic rings. The zero-order valence-electron chi connectivity index (χ0n) is 29.5. The van der Waals surface area contributed by atoms with E-state index in [1.807, 2.05) is 0 Å². The van der Waals surface area contributed by atoms with Crippen LogP contribution in [0.4, 0.5) is 0 Å². The Morgan fingerprint density at radius 2 is 0.804 bits per heavy atom. The summed E-state index contributed by atoms with van der Waals surface area (Å²) in [6.07, 6.45) is 7.07. The third-order valence-corrected chi connectivity index (χ3v) is 10.8. The maximum Gasteiger partial charge on any atom is -0.00961 e. The van der Waals surface area contributed by atoms with Crippen LogP contribution in [0.15, 0.2) is 152 Å². The Balaban J connectivity index is 1.02. The molecule has 51 heavy (non-hydrogen) atoms. The summed E-state index contributed by atoms with van der Waals surface area (Å²) in [5, 5.41) is 8.17. The fraction of sp³-hybridized carbons (Fsp3) is 0.0980. The van der Waals surface area contributed by atoms with Crippen LogP contribution < -0.4 is 10.4 Å². The Morgan fingerprint density at radius 1 is 0.314 bits per heavy atom. The molecule has 0 aromatic heterocycles. The van der Waals surface area contributed by atoms with E-state index in [9.17, 15) is 0 Å². The molecule has 8 aromatic carbocycles. The first kappa shape index (κ1) is 31.0. The Labute approximate surface area is 300 Å². The molecule has 244 valence electrons. The van der Waals surface area contributed by atoms with Crippen molar-refractivity contribution < 1.29 is 0 Å². The second-order valence-electron chi connectivity index (χ2n) is 14.2. The minimum atomic E-state index is 1.10.